The van der Waals surface area contributed by atoms with E-state index in [0.717, 1.165) is 11.6 Å². The molecule has 0 unspecified atom stereocenters. The van der Waals surface area contributed by atoms with Gasteiger partial charge in [-0.25, -0.2) is 0 Å². The van der Waals surface area contributed by atoms with Crippen LogP contribution in [0.5, 0.6) is 5.75 Å². The largest absolute Gasteiger partial charge is 0.494 e. The van der Waals surface area contributed by atoms with E-state index in [2.05, 4.69) is 20.5 Å². The van der Waals surface area contributed by atoms with E-state index in [1.807, 2.05) is 0 Å². The molecular formula is C15H11F3N4O2. The minimum absolute atomic E-state index is 0.160. The quantitative estimate of drug-likeness (QED) is 0.769. The Kier molecular flexibility index (Phi) is 3.84. The van der Waals surface area contributed by atoms with Crippen molar-refractivity contribution < 1.29 is 22.7 Å². The van der Waals surface area contributed by atoms with E-state index >= 15 is 0 Å². The topological polar surface area (TPSA) is 79.9 Å². The van der Waals surface area contributed by atoms with Gasteiger partial charge in [0.1, 0.15) is 11.4 Å². The number of methoxy groups -OCH3 is 1. The predicted molar refractivity (Wildman–Crippen MR) is 79.8 cm³/mol. The Bertz CT molecular complexity index is 905. The molecule has 0 aliphatic carbocycles. The molecule has 3 rings (SSSR count). The number of carbonyl (C=O) groups is 1. The van der Waals surface area contributed by atoms with E-state index in [0.29, 0.717) is 23.0 Å². The first-order valence-corrected chi connectivity index (χ1v) is 6.74. The van der Waals surface area contributed by atoms with Gasteiger partial charge in [0.05, 0.1) is 18.3 Å². The number of aromatic amines is 1. The van der Waals surface area contributed by atoms with Gasteiger partial charge in [-0.15, -0.1) is 0 Å². The van der Waals surface area contributed by atoms with E-state index in [1.54, 1.807) is 18.3 Å². The van der Waals surface area contributed by atoms with Crippen molar-refractivity contribution >= 4 is 22.5 Å². The summed E-state index contributed by atoms with van der Waals surface area (Å²) in [7, 11) is 1.41. The van der Waals surface area contributed by atoms with Gasteiger partial charge < -0.3 is 10.1 Å². The Morgan fingerprint density at radius 3 is 2.79 bits per heavy atom. The fourth-order valence-corrected chi connectivity index (χ4v) is 2.16. The number of nitrogens with one attached hydrogen (secondary N) is 2. The third kappa shape index (κ3) is 3.00. The molecule has 0 aliphatic heterocycles. The van der Waals surface area contributed by atoms with Crippen LogP contribution in [-0.4, -0.2) is 28.2 Å². The Labute approximate surface area is 133 Å². The lowest BCUT2D eigenvalue weighted by Crippen LogP contribution is -2.15. The fraction of sp³-hybridized carbons (Fsp3) is 0.133. The van der Waals surface area contributed by atoms with Crippen LogP contribution in [0.1, 0.15) is 16.1 Å². The van der Waals surface area contributed by atoms with Crippen LogP contribution in [-0.2, 0) is 6.18 Å². The zero-order valence-electron chi connectivity index (χ0n) is 12.3. The first kappa shape index (κ1) is 15.8. The molecule has 9 heteroatoms. The van der Waals surface area contributed by atoms with Crippen LogP contribution in [0.4, 0.5) is 18.9 Å². The molecule has 2 N–H and O–H groups in total. The summed E-state index contributed by atoms with van der Waals surface area (Å²) in [6, 6.07) is 5.11. The monoisotopic (exact) mass is 336 g/mol. The molecule has 6 nitrogen and oxygen atoms in total. The standard InChI is InChI=1S/C15H11F3N4O2/c1-24-12-6-10-9(7-20-22-10)4-11(12)21-14(23)8-2-3-19-13(5-8)15(16,17)18/h2-7H,1H3,(H,20,22)(H,21,23). The molecule has 0 saturated heterocycles. The smallest absolute Gasteiger partial charge is 0.433 e. The summed E-state index contributed by atoms with van der Waals surface area (Å²) >= 11 is 0. The summed E-state index contributed by atoms with van der Waals surface area (Å²) in [6.45, 7) is 0. The average Bonchev–Trinajstić information content (AvgIpc) is 3.00. The second-order valence-corrected chi connectivity index (χ2v) is 4.88. The van der Waals surface area contributed by atoms with Gasteiger partial charge in [0.15, 0.2) is 0 Å². The summed E-state index contributed by atoms with van der Waals surface area (Å²) in [5, 5.41) is 9.92. The van der Waals surface area contributed by atoms with Crippen molar-refractivity contribution in [3.8, 4) is 5.75 Å². The minimum atomic E-state index is -4.62. The van der Waals surface area contributed by atoms with Crippen LogP contribution < -0.4 is 10.1 Å². The van der Waals surface area contributed by atoms with E-state index < -0.39 is 17.8 Å². The van der Waals surface area contributed by atoms with Gasteiger partial charge in [0, 0.05) is 29.4 Å². The van der Waals surface area contributed by atoms with Crippen LogP contribution in [0, 0.1) is 0 Å². The minimum Gasteiger partial charge on any atom is -0.494 e. The highest BCUT2D eigenvalue weighted by molar-refractivity contribution is 6.06. The lowest BCUT2D eigenvalue weighted by molar-refractivity contribution is -0.141. The summed E-state index contributed by atoms with van der Waals surface area (Å²) in [5.74, 6) is -0.364. The highest BCUT2D eigenvalue weighted by Gasteiger charge is 2.33. The lowest BCUT2D eigenvalue weighted by Gasteiger charge is -2.11. The molecular weight excluding hydrogens is 325 g/mol. The molecule has 0 atom stereocenters. The molecule has 0 saturated carbocycles. The Hall–Kier alpha value is -3.10. The molecule has 24 heavy (non-hydrogen) atoms. The first-order valence-electron chi connectivity index (χ1n) is 6.74. The number of amides is 1. The normalized spacial score (nSPS) is 11.5. The van der Waals surface area contributed by atoms with Gasteiger partial charge in [-0.1, -0.05) is 0 Å². The molecule has 0 radical (unpaired) electrons. The molecule has 1 amide bonds. The van der Waals surface area contributed by atoms with Crippen LogP contribution in [0.3, 0.4) is 0 Å². The molecule has 1 aromatic carbocycles. The maximum atomic E-state index is 12.7. The number of ether oxygens (including phenoxy) is 1. The Balaban J connectivity index is 1.92. The zero-order valence-corrected chi connectivity index (χ0v) is 12.3. The van der Waals surface area contributed by atoms with Crippen molar-refractivity contribution in [1.29, 1.82) is 0 Å². The number of halogens is 3. The van der Waals surface area contributed by atoms with Crippen LogP contribution in [0.15, 0.2) is 36.7 Å². The van der Waals surface area contributed by atoms with E-state index in [4.69, 9.17) is 4.74 Å². The van der Waals surface area contributed by atoms with Gasteiger partial charge in [-0.05, 0) is 18.2 Å². The van der Waals surface area contributed by atoms with Crippen LogP contribution in [0.2, 0.25) is 0 Å². The number of nitrogens with zero attached hydrogens (tertiary/aromatic N) is 2. The Morgan fingerprint density at radius 1 is 1.29 bits per heavy atom. The third-order valence-electron chi connectivity index (χ3n) is 3.31. The number of alkyl halides is 3. The molecule has 0 bridgehead atoms. The third-order valence-corrected chi connectivity index (χ3v) is 3.31. The summed E-state index contributed by atoms with van der Waals surface area (Å²) in [4.78, 5) is 15.5. The van der Waals surface area contributed by atoms with Gasteiger partial charge in [0.2, 0.25) is 0 Å². The number of hydrogen-bond donors (Lipinski definition) is 2. The molecule has 124 valence electrons. The molecule has 2 heterocycles. The molecule has 0 aliphatic rings. The van der Waals surface area contributed by atoms with Gasteiger partial charge >= 0.3 is 6.18 Å². The summed E-state index contributed by atoms with van der Waals surface area (Å²) in [6.07, 6.45) is -2.06. The van der Waals surface area contributed by atoms with Crippen LogP contribution >= 0.6 is 0 Å². The zero-order chi connectivity index (χ0) is 17.3. The molecule has 0 spiro atoms. The second-order valence-electron chi connectivity index (χ2n) is 4.88. The van der Waals surface area contributed by atoms with Crippen molar-refractivity contribution in [3.63, 3.8) is 0 Å². The summed E-state index contributed by atoms with van der Waals surface area (Å²) < 4.78 is 43.3. The highest BCUT2D eigenvalue weighted by Crippen LogP contribution is 2.30. The van der Waals surface area contributed by atoms with Gasteiger partial charge in [0.25, 0.3) is 5.91 Å². The van der Waals surface area contributed by atoms with Crippen molar-refractivity contribution in [1.82, 2.24) is 15.2 Å². The van der Waals surface area contributed by atoms with Crippen molar-refractivity contribution in [2.75, 3.05) is 12.4 Å². The number of benzene rings is 1. The second kappa shape index (κ2) is 5.84. The number of carbonyl (C=O) groups excluding carboxylic acids is 1. The van der Waals surface area contributed by atoms with E-state index in [9.17, 15) is 18.0 Å². The first-order chi connectivity index (χ1) is 11.4. The SMILES string of the molecule is COc1cc2n[nH]cc2cc1NC(=O)c1ccnc(C(F)(F)F)c1. The van der Waals surface area contributed by atoms with Gasteiger partial charge in [-0.3, -0.25) is 14.9 Å². The number of pyridine rings is 1. The number of aromatic nitrogens is 3. The summed E-state index contributed by atoms with van der Waals surface area (Å²) in [5.41, 5.74) is -0.339. The van der Waals surface area contributed by atoms with E-state index in [1.165, 1.54) is 13.2 Å². The van der Waals surface area contributed by atoms with Crippen molar-refractivity contribution in [2.24, 2.45) is 0 Å². The number of rotatable bonds is 3. The number of anilines is 1. The van der Waals surface area contributed by atoms with Crippen molar-refractivity contribution in [2.45, 2.75) is 6.18 Å². The van der Waals surface area contributed by atoms with E-state index in [-0.39, 0.29) is 5.56 Å². The fourth-order valence-electron chi connectivity index (χ4n) is 2.16. The maximum Gasteiger partial charge on any atom is 0.433 e. The maximum absolute atomic E-state index is 12.7. The molecule has 0 fully saturated rings. The lowest BCUT2D eigenvalue weighted by atomic mass is 10.2. The van der Waals surface area contributed by atoms with Crippen molar-refractivity contribution in [3.05, 3.63) is 47.9 Å². The van der Waals surface area contributed by atoms with Gasteiger partial charge in [-0.2, -0.15) is 18.3 Å². The number of H-pyrrole nitrogens is 1. The number of fused-ring (bicyclic) bond motifs is 1. The van der Waals surface area contributed by atoms with Crippen LogP contribution in [0.25, 0.3) is 10.9 Å². The highest BCUT2D eigenvalue weighted by atomic mass is 19.4. The average molecular weight is 336 g/mol. The molecule has 3 aromatic rings. The molecule has 2 aromatic heterocycles. The Morgan fingerprint density at radius 2 is 2.08 bits per heavy atom. The predicted octanol–water partition coefficient (Wildman–Crippen LogP) is 3.24. The number of hydrogen-bond acceptors (Lipinski definition) is 4.